The molecule has 0 saturated carbocycles. The number of nitrogens with zero attached hydrogens (tertiary/aromatic N) is 1. The van der Waals surface area contributed by atoms with E-state index in [0.717, 1.165) is 12.8 Å². The lowest BCUT2D eigenvalue weighted by Gasteiger charge is -2.32. The molecule has 0 bridgehead atoms. The van der Waals surface area contributed by atoms with Crippen LogP contribution in [0.5, 0.6) is 0 Å². The second kappa shape index (κ2) is 7.31. The lowest BCUT2D eigenvalue weighted by atomic mass is 9.93. The van der Waals surface area contributed by atoms with Gasteiger partial charge in [-0.2, -0.15) is 0 Å². The summed E-state index contributed by atoms with van der Waals surface area (Å²) in [6, 6.07) is 6.82. The van der Waals surface area contributed by atoms with Crippen LogP contribution in [-0.4, -0.2) is 35.1 Å². The Bertz CT molecular complexity index is 504. The first-order valence-corrected chi connectivity index (χ1v) is 7.45. The van der Waals surface area contributed by atoms with E-state index in [0.29, 0.717) is 30.2 Å². The molecular weight excluding hydrogens is 292 g/mol. The van der Waals surface area contributed by atoms with Gasteiger partial charge < -0.3 is 15.3 Å². The van der Waals surface area contributed by atoms with Crippen LogP contribution in [-0.2, 0) is 4.79 Å². The van der Waals surface area contributed by atoms with E-state index in [4.69, 9.17) is 16.7 Å². The number of benzene rings is 1. The number of anilines is 1. The minimum atomic E-state index is -0.780. The van der Waals surface area contributed by atoms with Crippen LogP contribution in [0.25, 0.3) is 0 Å². The van der Waals surface area contributed by atoms with Crippen molar-refractivity contribution in [2.45, 2.75) is 25.7 Å². The molecule has 1 atom stereocenters. The van der Waals surface area contributed by atoms with Crippen molar-refractivity contribution >= 4 is 29.3 Å². The predicted octanol–water partition coefficient (Wildman–Crippen LogP) is 3.45. The van der Waals surface area contributed by atoms with Gasteiger partial charge >= 0.3 is 12.0 Å². The number of hydrogen-bond donors (Lipinski definition) is 2. The van der Waals surface area contributed by atoms with E-state index in [1.165, 1.54) is 0 Å². The summed E-state index contributed by atoms with van der Waals surface area (Å²) >= 11 is 5.81. The van der Waals surface area contributed by atoms with Crippen molar-refractivity contribution in [3.8, 4) is 0 Å². The van der Waals surface area contributed by atoms with Gasteiger partial charge in [-0.1, -0.05) is 11.6 Å². The van der Waals surface area contributed by atoms with Gasteiger partial charge in [0, 0.05) is 30.2 Å². The third-order valence-corrected chi connectivity index (χ3v) is 3.92. The number of aliphatic carboxylic acids is 1. The second-order valence-corrected chi connectivity index (χ2v) is 5.76. The minimum absolute atomic E-state index is 0.141. The van der Waals surface area contributed by atoms with Gasteiger partial charge in [-0.15, -0.1) is 0 Å². The molecule has 1 saturated heterocycles. The van der Waals surface area contributed by atoms with Gasteiger partial charge in [0.15, 0.2) is 0 Å². The molecule has 5 nitrogen and oxygen atoms in total. The molecule has 6 heteroatoms. The van der Waals surface area contributed by atoms with E-state index >= 15 is 0 Å². The Morgan fingerprint density at radius 1 is 1.33 bits per heavy atom. The Hall–Kier alpha value is -1.75. The predicted molar refractivity (Wildman–Crippen MR) is 81.6 cm³/mol. The lowest BCUT2D eigenvalue weighted by Crippen LogP contribution is -2.42. The summed E-state index contributed by atoms with van der Waals surface area (Å²) in [5.41, 5.74) is 0.706. The number of nitrogens with one attached hydrogen (secondary N) is 1. The highest BCUT2D eigenvalue weighted by Crippen LogP contribution is 2.22. The fraction of sp³-hybridized carbons (Fsp3) is 0.467. The number of carboxylic acids is 1. The van der Waals surface area contributed by atoms with Crippen molar-refractivity contribution in [3.63, 3.8) is 0 Å². The fourth-order valence-corrected chi connectivity index (χ4v) is 2.67. The minimum Gasteiger partial charge on any atom is -0.481 e. The van der Waals surface area contributed by atoms with E-state index in [1.807, 2.05) is 0 Å². The molecule has 1 heterocycles. The Labute approximate surface area is 128 Å². The number of urea groups is 1. The van der Waals surface area contributed by atoms with E-state index in [2.05, 4.69) is 5.32 Å². The van der Waals surface area contributed by atoms with E-state index in [-0.39, 0.29) is 18.4 Å². The summed E-state index contributed by atoms with van der Waals surface area (Å²) in [4.78, 5) is 24.6. The summed E-state index contributed by atoms with van der Waals surface area (Å²) in [5, 5.41) is 12.2. The van der Waals surface area contributed by atoms with Gasteiger partial charge in [-0.25, -0.2) is 4.79 Å². The Kier molecular flexibility index (Phi) is 5.44. The molecule has 1 aromatic carbocycles. The molecule has 0 aromatic heterocycles. The topological polar surface area (TPSA) is 69.6 Å². The van der Waals surface area contributed by atoms with Crippen molar-refractivity contribution in [2.24, 2.45) is 5.92 Å². The molecule has 2 N–H and O–H groups in total. The molecule has 114 valence electrons. The summed E-state index contributed by atoms with van der Waals surface area (Å²) in [6.07, 6.45) is 2.69. The van der Waals surface area contributed by atoms with Gasteiger partial charge in [-0.3, -0.25) is 4.79 Å². The number of amides is 2. The third kappa shape index (κ3) is 4.93. The Morgan fingerprint density at radius 3 is 2.71 bits per heavy atom. The zero-order valence-corrected chi connectivity index (χ0v) is 12.5. The molecule has 1 aliphatic heterocycles. The summed E-state index contributed by atoms with van der Waals surface area (Å²) in [6.45, 7) is 1.33. The van der Waals surface area contributed by atoms with Crippen LogP contribution in [0.2, 0.25) is 5.02 Å². The highest BCUT2D eigenvalue weighted by molar-refractivity contribution is 6.30. The molecule has 2 rings (SSSR count). The first-order valence-electron chi connectivity index (χ1n) is 7.08. The van der Waals surface area contributed by atoms with Crippen molar-refractivity contribution in [3.05, 3.63) is 29.3 Å². The first kappa shape index (κ1) is 15.6. The van der Waals surface area contributed by atoms with E-state index < -0.39 is 5.97 Å². The number of carboxylic acid groups (broad SMARTS) is 1. The van der Waals surface area contributed by atoms with Gasteiger partial charge in [0.25, 0.3) is 0 Å². The van der Waals surface area contributed by atoms with E-state index in [1.54, 1.807) is 29.2 Å². The highest BCUT2D eigenvalue weighted by atomic mass is 35.5. The van der Waals surface area contributed by atoms with E-state index in [9.17, 15) is 9.59 Å². The molecule has 21 heavy (non-hydrogen) atoms. The smallest absolute Gasteiger partial charge is 0.321 e. The molecule has 1 aromatic rings. The van der Waals surface area contributed by atoms with Crippen LogP contribution >= 0.6 is 11.6 Å². The quantitative estimate of drug-likeness (QED) is 0.895. The van der Waals surface area contributed by atoms with Crippen LogP contribution in [0.1, 0.15) is 25.7 Å². The molecule has 1 aliphatic rings. The van der Waals surface area contributed by atoms with Crippen molar-refractivity contribution in [2.75, 3.05) is 18.4 Å². The van der Waals surface area contributed by atoms with Crippen LogP contribution in [0.3, 0.4) is 0 Å². The molecule has 1 fully saturated rings. The van der Waals surface area contributed by atoms with Crippen LogP contribution < -0.4 is 5.32 Å². The van der Waals surface area contributed by atoms with Crippen molar-refractivity contribution in [1.82, 2.24) is 4.90 Å². The molecule has 0 unspecified atom stereocenters. The Morgan fingerprint density at radius 2 is 2.05 bits per heavy atom. The number of piperidine rings is 1. The molecular formula is C15H19ClN2O3. The maximum atomic E-state index is 12.2. The van der Waals surface area contributed by atoms with Crippen molar-refractivity contribution < 1.29 is 14.7 Å². The maximum absolute atomic E-state index is 12.2. The standard InChI is InChI=1S/C15H19ClN2O3/c16-12-4-6-13(7-5-12)17-15(21)18-9-1-2-11(10-18)3-8-14(19)20/h4-7,11H,1-3,8-10H2,(H,17,21)(H,19,20)/t11-/m1/s1. The normalized spacial score (nSPS) is 18.3. The van der Waals surface area contributed by atoms with Crippen LogP contribution in [0.15, 0.2) is 24.3 Å². The van der Waals surface area contributed by atoms with Crippen LogP contribution in [0, 0.1) is 5.92 Å². The number of hydrogen-bond acceptors (Lipinski definition) is 2. The average Bonchev–Trinajstić information content (AvgIpc) is 2.48. The number of rotatable bonds is 4. The molecule has 2 amide bonds. The molecule has 0 aliphatic carbocycles. The number of carbonyl (C=O) groups is 2. The number of halogens is 1. The SMILES string of the molecule is O=C(O)CC[C@H]1CCCN(C(=O)Nc2ccc(Cl)cc2)C1. The average molecular weight is 311 g/mol. The number of carbonyl (C=O) groups excluding carboxylic acids is 1. The fourth-order valence-electron chi connectivity index (χ4n) is 2.55. The summed E-state index contributed by atoms with van der Waals surface area (Å²) in [7, 11) is 0. The molecule has 0 radical (unpaired) electrons. The van der Waals surface area contributed by atoms with Gasteiger partial charge in [0.05, 0.1) is 0 Å². The summed E-state index contributed by atoms with van der Waals surface area (Å²) < 4.78 is 0. The molecule has 0 spiro atoms. The largest absolute Gasteiger partial charge is 0.481 e. The Balaban J connectivity index is 1.86. The van der Waals surface area contributed by atoms with Crippen molar-refractivity contribution in [1.29, 1.82) is 0 Å². The van der Waals surface area contributed by atoms with Gasteiger partial charge in [-0.05, 0) is 49.4 Å². The summed E-state index contributed by atoms with van der Waals surface area (Å²) in [5.74, 6) is -0.511. The van der Waals surface area contributed by atoms with Gasteiger partial charge in [0.2, 0.25) is 0 Å². The maximum Gasteiger partial charge on any atom is 0.321 e. The first-order chi connectivity index (χ1) is 10.0. The second-order valence-electron chi connectivity index (χ2n) is 5.32. The van der Waals surface area contributed by atoms with Crippen LogP contribution in [0.4, 0.5) is 10.5 Å². The monoisotopic (exact) mass is 310 g/mol. The zero-order chi connectivity index (χ0) is 15.2. The lowest BCUT2D eigenvalue weighted by molar-refractivity contribution is -0.137. The zero-order valence-electron chi connectivity index (χ0n) is 11.7. The number of likely N-dealkylation sites (tertiary alicyclic amines) is 1. The van der Waals surface area contributed by atoms with Gasteiger partial charge in [0.1, 0.15) is 0 Å². The third-order valence-electron chi connectivity index (χ3n) is 3.67. The highest BCUT2D eigenvalue weighted by Gasteiger charge is 2.24.